The molecule has 1 radical (unpaired) electrons. The normalized spacial score (nSPS) is 10.9. The van der Waals surface area contributed by atoms with Crippen LogP contribution in [0.3, 0.4) is 0 Å². The monoisotopic (exact) mass is 588 g/mol. The molecule has 4 nitrogen and oxygen atoms in total. The summed E-state index contributed by atoms with van der Waals surface area (Å²) >= 11 is 1.68. The van der Waals surface area contributed by atoms with E-state index in [-0.39, 0.29) is 20.1 Å². The Morgan fingerprint density at radius 2 is 1.67 bits per heavy atom. The van der Waals surface area contributed by atoms with Crippen molar-refractivity contribution < 1.29 is 20.1 Å². The van der Waals surface area contributed by atoms with E-state index in [0.717, 1.165) is 32.3 Å². The molecule has 0 aliphatic rings. The third kappa shape index (κ3) is 3.63. The summed E-state index contributed by atoms with van der Waals surface area (Å²) < 4.78 is 3.20. The van der Waals surface area contributed by atoms with Crippen LogP contribution in [0.1, 0.15) is 16.1 Å². The molecule has 2 heterocycles. The van der Waals surface area contributed by atoms with E-state index < -0.39 is 0 Å². The van der Waals surface area contributed by atoms with Crippen molar-refractivity contribution in [3.8, 4) is 28.2 Å². The number of nitrogens with zero attached hydrogens (tertiary/aromatic N) is 4. The number of thiazole rings is 1. The summed E-state index contributed by atoms with van der Waals surface area (Å²) in [6.07, 6.45) is 1.78. The van der Waals surface area contributed by atoms with Crippen molar-refractivity contribution in [2.75, 3.05) is 0 Å². The SMILES string of the molecule is Cc1nc2c[c-]c(-c3nncn3-c3c(C)cc(-c4ccccc4)cc3C)cc2s1.[Ir]. The van der Waals surface area contributed by atoms with E-state index in [4.69, 9.17) is 0 Å². The molecular formula is C24H19IrN4S-. The zero-order valence-corrected chi connectivity index (χ0v) is 20.0. The van der Waals surface area contributed by atoms with Crippen molar-refractivity contribution >= 4 is 21.6 Å². The van der Waals surface area contributed by atoms with Crippen molar-refractivity contribution in [1.82, 2.24) is 19.7 Å². The minimum Gasteiger partial charge on any atom is -0.322 e. The topological polar surface area (TPSA) is 43.6 Å². The molecule has 0 N–H and O–H groups in total. The Labute approximate surface area is 193 Å². The van der Waals surface area contributed by atoms with Gasteiger partial charge in [0.05, 0.1) is 10.8 Å². The first-order chi connectivity index (χ1) is 14.1. The van der Waals surface area contributed by atoms with Gasteiger partial charge in [-0.3, -0.25) is 4.98 Å². The van der Waals surface area contributed by atoms with Gasteiger partial charge in [-0.1, -0.05) is 30.3 Å². The van der Waals surface area contributed by atoms with Crippen LogP contribution in [0.4, 0.5) is 0 Å². The fraction of sp³-hybridized carbons (Fsp3) is 0.125. The van der Waals surface area contributed by atoms with Gasteiger partial charge in [0.15, 0.2) is 0 Å². The van der Waals surface area contributed by atoms with Gasteiger partial charge < -0.3 is 4.57 Å². The number of benzene rings is 3. The van der Waals surface area contributed by atoms with Crippen molar-refractivity contribution in [3.63, 3.8) is 0 Å². The Balaban J connectivity index is 0.00000218. The third-order valence-corrected chi connectivity index (χ3v) is 5.99. The molecule has 0 amide bonds. The fourth-order valence-electron chi connectivity index (χ4n) is 3.83. The van der Waals surface area contributed by atoms with E-state index >= 15 is 0 Å². The summed E-state index contributed by atoms with van der Waals surface area (Å²) in [6.45, 7) is 6.30. The van der Waals surface area contributed by atoms with Crippen LogP contribution >= 0.6 is 11.3 Å². The fourth-order valence-corrected chi connectivity index (χ4v) is 4.68. The second kappa shape index (κ2) is 8.23. The molecule has 30 heavy (non-hydrogen) atoms. The van der Waals surface area contributed by atoms with Crippen LogP contribution in [0.2, 0.25) is 0 Å². The van der Waals surface area contributed by atoms with Gasteiger partial charge in [-0.2, -0.15) is 5.10 Å². The molecule has 0 saturated carbocycles. The van der Waals surface area contributed by atoms with Crippen LogP contribution in [0.25, 0.3) is 38.4 Å². The molecule has 0 aliphatic carbocycles. The minimum absolute atomic E-state index is 0. The molecule has 3 aromatic carbocycles. The van der Waals surface area contributed by atoms with Crippen molar-refractivity contribution in [2.45, 2.75) is 20.8 Å². The van der Waals surface area contributed by atoms with Crippen molar-refractivity contribution in [1.29, 1.82) is 0 Å². The quantitative estimate of drug-likeness (QED) is 0.246. The maximum atomic E-state index is 4.53. The van der Waals surface area contributed by atoms with Gasteiger partial charge in [0.1, 0.15) is 6.33 Å². The Hall–Kier alpha value is -2.66. The number of aromatic nitrogens is 4. The van der Waals surface area contributed by atoms with Gasteiger partial charge in [-0.15, -0.1) is 40.2 Å². The summed E-state index contributed by atoms with van der Waals surface area (Å²) in [6, 6.07) is 22.3. The van der Waals surface area contributed by atoms with E-state index in [2.05, 4.69) is 82.1 Å². The van der Waals surface area contributed by atoms with Crippen LogP contribution in [0.15, 0.2) is 60.9 Å². The minimum atomic E-state index is 0. The van der Waals surface area contributed by atoms with E-state index in [1.807, 2.05) is 19.1 Å². The Morgan fingerprint density at radius 3 is 2.40 bits per heavy atom. The zero-order valence-electron chi connectivity index (χ0n) is 16.8. The van der Waals surface area contributed by atoms with E-state index in [9.17, 15) is 0 Å². The number of rotatable bonds is 3. The summed E-state index contributed by atoms with van der Waals surface area (Å²) in [7, 11) is 0. The smallest absolute Gasteiger partial charge is 0.114 e. The molecule has 0 saturated heterocycles. The van der Waals surface area contributed by atoms with Crippen LogP contribution < -0.4 is 0 Å². The molecule has 0 fully saturated rings. The number of fused-ring (bicyclic) bond motifs is 1. The molecule has 151 valence electrons. The second-order valence-corrected chi connectivity index (χ2v) is 8.41. The number of hydrogen-bond donors (Lipinski definition) is 0. The van der Waals surface area contributed by atoms with Gasteiger partial charge in [0, 0.05) is 25.8 Å². The molecule has 0 aliphatic heterocycles. The van der Waals surface area contributed by atoms with Gasteiger partial charge in [-0.25, -0.2) is 0 Å². The van der Waals surface area contributed by atoms with Crippen molar-refractivity contribution in [3.05, 3.63) is 83.1 Å². The summed E-state index contributed by atoms with van der Waals surface area (Å²) in [4.78, 5) is 4.53. The molecule has 0 atom stereocenters. The number of hydrogen-bond acceptors (Lipinski definition) is 4. The van der Waals surface area contributed by atoms with E-state index in [1.165, 1.54) is 22.3 Å². The first-order valence-corrected chi connectivity index (χ1v) is 10.3. The summed E-state index contributed by atoms with van der Waals surface area (Å²) in [5.41, 5.74) is 7.80. The van der Waals surface area contributed by atoms with E-state index in [0.29, 0.717) is 0 Å². The molecule has 0 spiro atoms. The predicted molar refractivity (Wildman–Crippen MR) is 118 cm³/mol. The van der Waals surface area contributed by atoms with Gasteiger partial charge in [0.2, 0.25) is 0 Å². The maximum absolute atomic E-state index is 4.53. The first-order valence-electron chi connectivity index (χ1n) is 9.46. The second-order valence-electron chi connectivity index (χ2n) is 7.18. The van der Waals surface area contributed by atoms with Gasteiger partial charge >= 0.3 is 0 Å². The maximum Gasteiger partial charge on any atom is 0.114 e. The molecular weight excluding hydrogens is 569 g/mol. The van der Waals surface area contributed by atoms with Gasteiger partial charge in [0.25, 0.3) is 0 Å². The van der Waals surface area contributed by atoms with Crippen LogP contribution in [-0.4, -0.2) is 19.7 Å². The average molecular weight is 588 g/mol. The number of aryl methyl sites for hydroxylation is 3. The molecule has 0 unspecified atom stereocenters. The largest absolute Gasteiger partial charge is 0.322 e. The first kappa shape index (κ1) is 20.6. The molecule has 5 rings (SSSR count). The zero-order chi connectivity index (χ0) is 20.0. The Bertz CT molecular complexity index is 1320. The van der Waals surface area contributed by atoms with Crippen LogP contribution in [0.5, 0.6) is 0 Å². The predicted octanol–water partition coefficient (Wildman–Crippen LogP) is 5.93. The summed E-state index contributed by atoms with van der Waals surface area (Å²) in [5.74, 6) is 0.789. The standard InChI is InChI=1S/C24H19N4S.Ir/c1-15-11-20(18-7-5-4-6-8-18)12-16(2)23(15)28-14-25-27-24(28)19-9-10-21-22(13-19)29-17(3)26-21;/h4-8,10-14H,1-3H3;/q-1;. The Morgan fingerprint density at radius 1 is 0.933 bits per heavy atom. The van der Waals surface area contributed by atoms with Gasteiger partial charge in [-0.05, 0) is 65.4 Å². The third-order valence-electron chi connectivity index (χ3n) is 5.06. The molecule has 5 aromatic rings. The Kier molecular flexibility index (Phi) is 5.65. The summed E-state index contributed by atoms with van der Waals surface area (Å²) in [5, 5.41) is 9.66. The van der Waals surface area contributed by atoms with Crippen molar-refractivity contribution in [2.24, 2.45) is 0 Å². The average Bonchev–Trinajstić information content (AvgIpc) is 3.33. The van der Waals surface area contributed by atoms with Crippen LogP contribution in [-0.2, 0) is 20.1 Å². The van der Waals surface area contributed by atoms with E-state index in [1.54, 1.807) is 17.7 Å². The van der Waals surface area contributed by atoms with Crippen LogP contribution in [0, 0.1) is 26.8 Å². The molecule has 6 heteroatoms. The molecule has 2 aromatic heterocycles. The molecule has 0 bridgehead atoms.